The van der Waals surface area contributed by atoms with E-state index in [2.05, 4.69) is 41.2 Å². The molecule has 0 saturated carbocycles. The fourth-order valence-corrected chi connectivity index (χ4v) is 1.32. The molecule has 1 aromatic heterocycles. The van der Waals surface area contributed by atoms with Crippen LogP contribution < -0.4 is 0 Å². The van der Waals surface area contributed by atoms with Crippen LogP contribution >= 0.6 is 0 Å². The van der Waals surface area contributed by atoms with E-state index in [-0.39, 0.29) is 29.7 Å². The number of hydrogen-bond acceptors (Lipinski definition) is 4. The van der Waals surface area contributed by atoms with Crippen LogP contribution in [-0.2, 0) is 11.8 Å². The fraction of sp³-hybridized carbons (Fsp3) is 0.750. The first-order valence-corrected chi connectivity index (χ1v) is 7.76. The normalized spacial score (nSPS) is 9.88. The van der Waals surface area contributed by atoms with Crippen molar-refractivity contribution in [3.05, 3.63) is 31.1 Å². The Balaban J connectivity index is -0.0000000489. The minimum atomic E-state index is 0. The lowest BCUT2D eigenvalue weighted by atomic mass is 10.6. The van der Waals surface area contributed by atoms with E-state index in [1.165, 1.54) is 0 Å². The summed E-state index contributed by atoms with van der Waals surface area (Å²) < 4.78 is 6.72. The summed E-state index contributed by atoms with van der Waals surface area (Å²) >= 11 is 0. The van der Waals surface area contributed by atoms with Gasteiger partial charge in [-0.15, -0.1) is 0 Å². The molecule has 1 aliphatic heterocycles. The van der Waals surface area contributed by atoms with E-state index in [9.17, 15) is 0 Å². The second-order valence-electron chi connectivity index (χ2n) is 4.11. The van der Waals surface area contributed by atoms with Crippen LogP contribution in [0.4, 0.5) is 0 Å². The number of rotatable bonds is 3. The highest BCUT2D eigenvalue weighted by Gasteiger charge is 2.03. The first-order valence-electron chi connectivity index (χ1n) is 7.76. The smallest absolute Gasteiger partial charge is 0.0943 e. The van der Waals surface area contributed by atoms with Crippen molar-refractivity contribution >= 4 is 0 Å². The molecule has 5 heteroatoms. The summed E-state index contributed by atoms with van der Waals surface area (Å²) in [7, 11) is 4.01. The van der Waals surface area contributed by atoms with Crippen molar-refractivity contribution in [1.29, 1.82) is 0 Å². The number of hydrogen-bond donors (Lipinski definition) is 0. The number of imidazole rings is 1. The van der Waals surface area contributed by atoms with Crippen LogP contribution in [0.1, 0.15) is 64.3 Å². The lowest BCUT2D eigenvalue weighted by Crippen LogP contribution is -2.21. The highest BCUT2D eigenvalue weighted by molar-refractivity contribution is 4.87. The summed E-state index contributed by atoms with van der Waals surface area (Å²) in [5.41, 5.74) is 0. The summed E-state index contributed by atoms with van der Waals surface area (Å²) in [5.74, 6) is 0. The van der Waals surface area contributed by atoms with E-state index in [1.54, 1.807) is 12.5 Å². The molecule has 0 fully saturated rings. The van der Waals surface area contributed by atoms with Gasteiger partial charge in [0.1, 0.15) is 0 Å². The molecule has 0 aromatic carbocycles. The van der Waals surface area contributed by atoms with Gasteiger partial charge in [0.25, 0.3) is 0 Å². The lowest BCUT2D eigenvalue weighted by molar-refractivity contribution is 0.162. The van der Waals surface area contributed by atoms with Crippen molar-refractivity contribution in [3.8, 4) is 0 Å². The highest BCUT2D eigenvalue weighted by Crippen LogP contribution is 2.00. The first kappa shape index (κ1) is 38.9. The van der Waals surface area contributed by atoms with Crippen LogP contribution in [0, 0.1) is 0 Å². The molecule has 0 saturated heterocycles. The van der Waals surface area contributed by atoms with Gasteiger partial charge in [-0.25, -0.2) is 4.98 Å². The lowest BCUT2D eigenvalue weighted by Gasteiger charge is -2.14. The average molecular weight is 363 g/mol. The van der Waals surface area contributed by atoms with Crippen LogP contribution in [-0.4, -0.2) is 52.8 Å². The predicted octanol–water partition coefficient (Wildman–Crippen LogP) is 5.72. The summed E-state index contributed by atoms with van der Waals surface area (Å²) in [6, 6.07) is 0. The Bertz CT molecular complexity index is 312. The SMILES string of the molecule is C.C.C.C.CC.CCN1C=CN(C)C1.CCOCC.Cn1ccnc1. The maximum absolute atomic E-state index is 4.83. The van der Waals surface area contributed by atoms with Gasteiger partial charge in [0.15, 0.2) is 0 Å². The number of aryl methyl sites for hydroxylation is 1. The van der Waals surface area contributed by atoms with Gasteiger partial charge >= 0.3 is 0 Å². The molecular formula is C20H50N4O. The molecule has 2 rings (SSSR count). The summed E-state index contributed by atoms with van der Waals surface area (Å²) in [5, 5.41) is 0. The van der Waals surface area contributed by atoms with Crippen LogP contribution in [0.3, 0.4) is 0 Å². The van der Waals surface area contributed by atoms with E-state index in [0.717, 1.165) is 26.4 Å². The molecule has 1 aliphatic rings. The molecule has 2 heterocycles. The molecule has 0 radical (unpaired) electrons. The van der Waals surface area contributed by atoms with Crippen molar-refractivity contribution < 1.29 is 4.74 Å². The Kier molecular flexibility index (Phi) is 47.2. The second kappa shape index (κ2) is 30.4. The molecular weight excluding hydrogens is 312 g/mol. The van der Waals surface area contributed by atoms with E-state index >= 15 is 0 Å². The van der Waals surface area contributed by atoms with Gasteiger partial charge in [0.05, 0.1) is 13.0 Å². The molecule has 5 nitrogen and oxygen atoms in total. The Morgan fingerprint density at radius 3 is 1.56 bits per heavy atom. The fourth-order valence-electron chi connectivity index (χ4n) is 1.32. The maximum atomic E-state index is 4.83. The zero-order valence-electron chi connectivity index (χ0n) is 14.9. The summed E-state index contributed by atoms with van der Waals surface area (Å²) in [4.78, 5) is 8.19. The molecule has 0 bridgehead atoms. The Morgan fingerprint density at radius 2 is 1.44 bits per heavy atom. The van der Waals surface area contributed by atoms with Gasteiger partial charge in [0, 0.05) is 58.6 Å². The van der Waals surface area contributed by atoms with Crippen molar-refractivity contribution in [2.75, 3.05) is 33.5 Å². The third kappa shape index (κ3) is 27.6. The number of nitrogens with zero attached hydrogens (tertiary/aromatic N) is 4. The summed E-state index contributed by atoms with van der Waals surface area (Å²) in [6.07, 6.45) is 9.59. The number of ether oxygens (including phenoxy) is 1. The topological polar surface area (TPSA) is 33.5 Å². The van der Waals surface area contributed by atoms with Crippen molar-refractivity contribution in [1.82, 2.24) is 19.4 Å². The molecule has 1 aromatic rings. The van der Waals surface area contributed by atoms with Gasteiger partial charge in [0.2, 0.25) is 0 Å². The van der Waals surface area contributed by atoms with E-state index in [1.807, 2.05) is 45.5 Å². The molecule has 0 unspecified atom stereocenters. The Morgan fingerprint density at radius 1 is 0.920 bits per heavy atom. The molecule has 0 atom stereocenters. The first-order chi connectivity index (χ1) is 10.1. The monoisotopic (exact) mass is 362 g/mol. The number of aromatic nitrogens is 2. The van der Waals surface area contributed by atoms with Crippen LogP contribution in [0.5, 0.6) is 0 Å². The van der Waals surface area contributed by atoms with Crippen molar-refractivity contribution in [2.24, 2.45) is 7.05 Å². The van der Waals surface area contributed by atoms with Gasteiger partial charge in [-0.1, -0.05) is 43.6 Å². The van der Waals surface area contributed by atoms with Crippen LogP contribution in [0.25, 0.3) is 0 Å². The third-order valence-electron chi connectivity index (χ3n) is 2.39. The third-order valence-corrected chi connectivity index (χ3v) is 2.39. The van der Waals surface area contributed by atoms with E-state index < -0.39 is 0 Å². The van der Waals surface area contributed by atoms with Gasteiger partial charge in [-0.05, 0) is 20.8 Å². The standard InChI is InChI=1S/C6H12N2.C4H6N2.C4H10O.C2H6.4CH4/c1-3-8-5-4-7(2)6-8;1-6-3-2-5-4-6;1-3-5-4-2;1-2;;;;/h4-5H,3,6H2,1-2H3;2-4H,1H3;3-4H2,1-2H3;1-2H3;4*1H4. The predicted molar refractivity (Wildman–Crippen MR) is 118 cm³/mol. The molecule has 0 N–H and O–H groups in total. The quantitative estimate of drug-likeness (QED) is 0.689. The van der Waals surface area contributed by atoms with Gasteiger partial charge in [-0.3, -0.25) is 0 Å². The van der Waals surface area contributed by atoms with Gasteiger partial charge in [-0.2, -0.15) is 0 Å². The molecule has 0 spiro atoms. The zero-order chi connectivity index (χ0) is 16.5. The van der Waals surface area contributed by atoms with Crippen molar-refractivity contribution in [2.45, 2.75) is 64.3 Å². The van der Waals surface area contributed by atoms with Gasteiger partial charge < -0.3 is 19.1 Å². The Labute approximate surface area is 160 Å². The van der Waals surface area contributed by atoms with E-state index in [0.29, 0.717) is 0 Å². The molecule has 0 aliphatic carbocycles. The zero-order valence-corrected chi connectivity index (χ0v) is 14.9. The largest absolute Gasteiger partial charge is 0.382 e. The molecule has 25 heavy (non-hydrogen) atoms. The summed E-state index contributed by atoms with van der Waals surface area (Å²) in [6.45, 7) is 14.0. The minimum absolute atomic E-state index is 0. The average Bonchev–Trinajstić information content (AvgIpc) is 3.14. The molecule has 0 amide bonds. The maximum Gasteiger partial charge on any atom is 0.0943 e. The molecule has 156 valence electrons. The van der Waals surface area contributed by atoms with E-state index in [4.69, 9.17) is 4.74 Å². The highest BCUT2D eigenvalue weighted by atomic mass is 16.5. The minimum Gasteiger partial charge on any atom is -0.382 e. The Hall–Kier alpha value is -1.49. The van der Waals surface area contributed by atoms with Crippen LogP contribution in [0.15, 0.2) is 31.1 Å². The second-order valence-corrected chi connectivity index (χ2v) is 4.11. The van der Waals surface area contributed by atoms with Crippen molar-refractivity contribution in [3.63, 3.8) is 0 Å². The van der Waals surface area contributed by atoms with Crippen LogP contribution in [0.2, 0.25) is 0 Å².